The number of hydrogen-bond donors (Lipinski definition) is 5. The van der Waals surface area contributed by atoms with E-state index in [1.54, 1.807) is 0 Å². The van der Waals surface area contributed by atoms with Gasteiger partial charge in [0.1, 0.15) is 24.4 Å². The van der Waals surface area contributed by atoms with Crippen LogP contribution in [0.15, 0.2) is 11.8 Å². The first-order valence-electron chi connectivity index (χ1n) is 9.38. The standard InChI is InChI=1S/C17H24O12/c1-25-15(24)7-4-27-16(11(9-5-26-9)6(7)2-10(19)20)29-17-14(23)13(22)12(21)8(3-18)28-17/h4,6,8-9,11-14,16-18,21-23H,2-3,5H2,1H3,(H,19,20)/t6-,8-,9-,11+,12-,13+,14-,16+,17+/m1/s1/i9D. The van der Waals surface area contributed by atoms with Crippen LogP contribution in [0.2, 0.25) is 0 Å². The lowest BCUT2D eigenvalue weighted by molar-refractivity contribution is -0.342. The van der Waals surface area contributed by atoms with Crippen molar-refractivity contribution in [1.82, 2.24) is 0 Å². The molecule has 12 nitrogen and oxygen atoms in total. The molecule has 29 heavy (non-hydrogen) atoms. The number of esters is 1. The van der Waals surface area contributed by atoms with Crippen molar-refractivity contribution in [3.63, 3.8) is 0 Å². The van der Waals surface area contributed by atoms with E-state index in [0.717, 1.165) is 13.4 Å². The van der Waals surface area contributed by atoms with E-state index in [0.29, 0.717) is 0 Å². The fraction of sp³-hybridized carbons (Fsp3) is 0.765. The second-order valence-corrected chi connectivity index (χ2v) is 6.89. The minimum absolute atomic E-state index is 0.0832. The Labute approximate surface area is 166 Å². The third-order valence-corrected chi connectivity index (χ3v) is 5.07. The van der Waals surface area contributed by atoms with E-state index in [-0.39, 0.29) is 12.2 Å². The van der Waals surface area contributed by atoms with Gasteiger partial charge in [-0.1, -0.05) is 0 Å². The highest BCUT2D eigenvalue weighted by Crippen LogP contribution is 2.42. The van der Waals surface area contributed by atoms with Gasteiger partial charge in [0.15, 0.2) is 6.29 Å². The number of hydrogen-bond acceptors (Lipinski definition) is 11. The molecular formula is C17H24O12. The molecule has 0 spiro atoms. The summed E-state index contributed by atoms with van der Waals surface area (Å²) in [5.74, 6) is -4.32. The molecule has 3 heterocycles. The van der Waals surface area contributed by atoms with Crippen LogP contribution in [0.25, 0.3) is 0 Å². The number of epoxide rings is 1. The Kier molecular flexibility index (Phi) is 6.29. The highest BCUT2D eigenvalue weighted by molar-refractivity contribution is 5.89. The molecule has 2 fully saturated rings. The molecule has 0 unspecified atom stereocenters. The lowest BCUT2D eigenvalue weighted by Crippen LogP contribution is -2.60. The van der Waals surface area contributed by atoms with Gasteiger partial charge in [-0.15, -0.1) is 0 Å². The molecule has 0 aliphatic carbocycles. The van der Waals surface area contributed by atoms with E-state index in [1.807, 2.05) is 0 Å². The molecule has 5 N–H and O–H groups in total. The number of carbonyl (C=O) groups excluding carboxylic acids is 1. The van der Waals surface area contributed by atoms with Gasteiger partial charge in [0.25, 0.3) is 0 Å². The van der Waals surface area contributed by atoms with Crippen molar-refractivity contribution < 1.29 is 60.2 Å². The quantitative estimate of drug-likeness (QED) is 0.212. The fourth-order valence-electron chi connectivity index (χ4n) is 3.48. The van der Waals surface area contributed by atoms with Crippen LogP contribution in [0, 0.1) is 11.8 Å². The molecule has 3 rings (SSSR count). The molecule has 0 radical (unpaired) electrons. The molecule has 9 atom stereocenters. The first kappa shape index (κ1) is 20.5. The molecule has 0 bridgehead atoms. The largest absolute Gasteiger partial charge is 0.481 e. The van der Waals surface area contributed by atoms with Gasteiger partial charge in [-0.25, -0.2) is 4.79 Å². The predicted molar refractivity (Wildman–Crippen MR) is 88.8 cm³/mol. The Morgan fingerprint density at radius 3 is 2.48 bits per heavy atom. The summed E-state index contributed by atoms with van der Waals surface area (Å²) in [6.45, 7) is -0.764. The van der Waals surface area contributed by atoms with Crippen LogP contribution in [0.3, 0.4) is 0 Å². The van der Waals surface area contributed by atoms with Gasteiger partial charge in [-0.05, 0) is 0 Å². The van der Waals surface area contributed by atoms with E-state index in [9.17, 15) is 35.1 Å². The smallest absolute Gasteiger partial charge is 0.337 e. The van der Waals surface area contributed by atoms with Crippen molar-refractivity contribution in [2.24, 2.45) is 11.8 Å². The minimum atomic E-state index is -1.74. The maximum Gasteiger partial charge on any atom is 0.337 e. The third-order valence-electron chi connectivity index (χ3n) is 5.07. The summed E-state index contributed by atoms with van der Waals surface area (Å²) in [5, 5.41) is 48.6. The maximum absolute atomic E-state index is 12.1. The zero-order chi connectivity index (χ0) is 22.2. The van der Waals surface area contributed by atoms with Gasteiger partial charge in [-0.3, -0.25) is 4.79 Å². The molecule has 0 aromatic rings. The average Bonchev–Trinajstić information content (AvgIpc) is 3.45. The maximum atomic E-state index is 12.1. The average molecular weight is 421 g/mol. The van der Waals surface area contributed by atoms with Gasteiger partial charge in [0.2, 0.25) is 6.29 Å². The van der Waals surface area contributed by atoms with Crippen LogP contribution in [0.4, 0.5) is 0 Å². The van der Waals surface area contributed by atoms with Crippen molar-refractivity contribution in [1.29, 1.82) is 0 Å². The van der Waals surface area contributed by atoms with E-state index < -0.39 is 79.9 Å². The number of carboxylic acids is 1. The SMILES string of the molecule is [2H][C@]1([C@H]2[C@H](O[C@@H]3O[C@H](CO)[C@@H](O)[C@H](O)[C@H]3O)OC=C(C(=O)OC)[C@H]2CC(=O)O)CO1. The summed E-state index contributed by atoms with van der Waals surface area (Å²) >= 11 is 0. The first-order valence-corrected chi connectivity index (χ1v) is 8.88. The molecule has 3 aliphatic rings. The van der Waals surface area contributed by atoms with Crippen molar-refractivity contribution >= 4 is 11.9 Å². The summed E-state index contributed by atoms with van der Waals surface area (Å²) in [5.41, 5.74) is -0.124. The van der Waals surface area contributed by atoms with E-state index in [2.05, 4.69) is 4.74 Å². The Bertz CT molecular complexity index is 692. The Morgan fingerprint density at radius 2 is 1.93 bits per heavy atom. The fourth-order valence-corrected chi connectivity index (χ4v) is 3.48. The number of carboxylic acid groups (broad SMARTS) is 1. The summed E-state index contributed by atoms with van der Waals surface area (Å²) in [4.78, 5) is 23.5. The topological polar surface area (TPSA) is 185 Å². The van der Waals surface area contributed by atoms with Crippen LogP contribution < -0.4 is 0 Å². The highest BCUT2D eigenvalue weighted by Gasteiger charge is 2.53. The Morgan fingerprint density at radius 1 is 1.24 bits per heavy atom. The molecular weight excluding hydrogens is 396 g/mol. The van der Waals surface area contributed by atoms with Crippen LogP contribution >= 0.6 is 0 Å². The van der Waals surface area contributed by atoms with Gasteiger partial charge < -0.3 is 49.2 Å². The van der Waals surface area contributed by atoms with E-state index in [1.165, 1.54) is 0 Å². The number of methoxy groups -OCH3 is 1. The van der Waals surface area contributed by atoms with Crippen molar-refractivity contribution in [2.45, 2.75) is 49.5 Å². The van der Waals surface area contributed by atoms with Gasteiger partial charge >= 0.3 is 11.9 Å². The zero-order valence-electron chi connectivity index (χ0n) is 16.4. The van der Waals surface area contributed by atoms with Crippen LogP contribution in [-0.4, -0.2) is 101 Å². The number of aliphatic carboxylic acids is 1. The monoisotopic (exact) mass is 421 g/mol. The number of ether oxygens (including phenoxy) is 5. The van der Waals surface area contributed by atoms with Gasteiger partial charge in [-0.2, -0.15) is 0 Å². The lowest BCUT2D eigenvalue weighted by atomic mass is 9.79. The van der Waals surface area contributed by atoms with Crippen LogP contribution in [0.1, 0.15) is 7.79 Å². The van der Waals surface area contributed by atoms with Gasteiger partial charge in [0, 0.05) is 5.92 Å². The predicted octanol–water partition coefficient (Wildman–Crippen LogP) is -2.68. The van der Waals surface area contributed by atoms with Crippen LogP contribution in [0.5, 0.6) is 0 Å². The molecule has 0 aromatic heterocycles. The molecule has 0 amide bonds. The lowest BCUT2D eigenvalue weighted by Gasteiger charge is -2.43. The summed E-state index contributed by atoms with van der Waals surface area (Å²) in [6, 6.07) is 0. The molecule has 2 saturated heterocycles. The molecule has 0 aromatic carbocycles. The number of rotatable bonds is 7. The summed E-state index contributed by atoms with van der Waals surface area (Å²) in [6.07, 6.45) is -10.5. The zero-order valence-corrected chi connectivity index (χ0v) is 15.4. The number of aliphatic hydroxyl groups excluding tert-OH is 4. The molecule has 164 valence electrons. The molecule has 12 heteroatoms. The number of aliphatic hydroxyl groups is 4. The molecule has 0 saturated carbocycles. The Hall–Kier alpha value is -1.80. The highest BCUT2D eigenvalue weighted by atomic mass is 16.8. The second kappa shape index (κ2) is 8.92. The van der Waals surface area contributed by atoms with Crippen molar-refractivity contribution in [3.05, 3.63) is 11.8 Å². The third kappa shape index (κ3) is 4.53. The van der Waals surface area contributed by atoms with Crippen LogP contribution in [-0.2, 0) is 33.3 Å². The van der Waals surface area contributed by atoms with Gasteiger partial charge in [0.05, 0.1) is 51.9 Å². The van der Waals surface area contributed by atoms with E-state index in [4.69, 9.17) is 20.3 Å². The summed E-state index contributed by atoms with van der Waals surface area (Å²) in [7, 11) is 1.11. The number of carbonyl (C=O) groups is 2. The summed E-state index contributed by atoms with van der Waals surface area (Å²) < 4.78 is 34.4. The van der Waals surface area contributed by atoms with Crippen molar-refractivity contribution in [3.8, 4) is 0 Å². The minimum Gasteiger partial charge on any atom is -0.481 e. The van der Waals surface area contributed by atoms with E-state index >= 15 is 0 Å². The Balaban J connectivity index is 1.88. The van der Waals surface area contributed by atoms with Crippen molar-refractivity contribution in [2.75, 3.05) is 20.3 Å². The first-order chi connectivity index (χ1) is 14.1. The second-order valence-electron chi connectivity index (χ2n) is 6.89. The molecule has 3 aliphatic heterocycles. The normalized spacial score (nSPS) is 44.9.